The van der Waals surface area contributed by atoms with E-state index in [2.05, 4.69) is 23.4 Å². The first-order chi connectivity index (χ1) is 9.55. The average Bonchev–Trinajstić information content (AvgIpc) is 2.83. The Bertz CT molecular complexity index is 624. The zero-order valence-corrected chi connectivity index (χ0v) is 12.2. The van der Waals surface area contributed by atoms with Crippen molar-refractivity contribution in [3.63, 3.8) is 0 Å². The molecule has 20 heavy (non-hydrogen) atoms. The van der Waals surface area contributed by atoms with Crippen LogP contribution < -0.4 is 5.73 Å². The highest BCUT2D eigenvalue weighted by Crippen LogP contribution is 2.38. The second-order valence-corrected chi connectivity index (χ2v) is 6.13. The number of aromatic nitrogens is 2. The number of aryl methyl sites for hydroxylation is 1. The molecule has 1 heterocycles. The summed E-state index contributed by atoms with van der Waals surface area (Å²) in [5, 5.41) is 0. The number of halogens is 1. The van der Waals surface area contributed by atoms with Crippen molar-refractivity contribution in [1.82, 2.24) is 9.55 Å². The van der Waals surface area contributed by atoms with E-state index in [4.69, 9.17) is 5.73 Å². The third-order valence-electron chi connectivity index (χ3n) is 4.66. The Hall–Kier alpha value is -1.42. The minimum atomic E-state index is -0.409. The largest absolute Gasteiger partial charge is 0.327 e. The Morgan fingerprint density at radius 3 is 2.75 bits per heavy atom. The van der Waals surface area contributed by atoms with Gasteiger partial charge in [-0.2, -0.15) is 0 Å². The number of nitrogens with two attached hydrogens (primary N) is 1. The van der Waals surface area contributed by atoms with Crippen molar-refractivity contribution in [2.24, 2.45) is 11.7 Å². The van der Waals surface area contributed by atoms with Gasteiger partial charge in [0.2, 0.25) is 0 Å². The van der Waals surface area contributed by atoms with Gasteiger partial charge in [0.25, 0.3) is 0 Å². The zero-order chi connectivity index (χ0) is 14.3. The molecule has 2 N–H and O–H groups in total. The fourth-order valence-corrected chi connectivity index (χ4v) is 3.31. The van der Waals surface area contributed by atoms with Crippen LogP contribution in [0.4, 0.5) is 4.39 Å². The highest BCUT2D eigenvalue weighted by molar-refractivity contribution is 5.77. The number of nitrogens with zero attached hydrogens (tertiary/aromatic N) is 2. The summed E-state index contributed by atoms with van der Waals surface area (Å²) in [6.45, 7) is 5.09. The molecule has 1 aromatic carbocycles. The van der Waals surface area contributed by atoms with E-state index in [1.165, 1.54) is 6.07 Å². The van der Waals surface area contributed by atoms with Crippen molar-refractivity contribution in [2.45, 2.75) is 51.6 Å². The van der Waals surface area contributed by atoms with Crippen molar-refractivity contribution in [3.05, 3.63) is 29.8 Å². The fourth-order valence-electron chi connectivity index (χ4n) is 3.31. The van der Waals surface area contributed by atoms with Crippen LogP contribution in [0.15, 0.2) is 18.2 Å². The number of para-hydroxylation sites is 1. The van der Waals surface area contributed by atoms with E-state index < -0.39 is 5.54 Å². The third kappa shape index (κ3) is 2.03. The van der Waals surface area contributed by atoms with Crippen LogP contribution in [0.1, 0.15) is 45.4 Å². The Labute approximate surface area is 119 Å². The number of rotatable bonds is 2. The van der Waals surface area contributed by atoms with Crippen LogP contribution >= 0.6 is 0 Å². The minimum Gasteiger partial charge on any atom is -0.327 e. The summed E-state index contributed by atoms with van der Waals surface area (Å²) < 4.78 is 16.0. The molecule has 0 aliphatic heterocycles. The number of hydrogen-bond donors (Lipinski definition) is 1. The molecule has 1 aliphatic rings. The van der Waals surface area contributed by atoms with Crippen molar-refractivity contribution in [3.8, 4) is 0 Å². The van der Waals surface area contributed by atoms with Crippen molar-refractivity contribution < 1.29 is 4.39 Å². The van der Waals surface area contributed by atoms with Crippen molar-refractivity contribution in [2.75, 3.05) is 0 Å². The molecular formula is C16H22FN3. The Morgan fingerprint density at radius 2 is 2.10 bits per heavy atom. The van der Waals surface area contributed by atoms with Crippen LogP contribution in [0.2, 0.25) is 0 Å². The number of imidazole rings is 1. The zero-order valence-electron chi connectivity index (χ0n) is 12.2. The van der Waals surface area contributed by atoms with Gasteiger partial charge in [0.15, 0.2) is 5.82 Å². The van der Waals surface area contributed by atoms with Crippen LogP contribution in [-0.2, 0) is 12.1 Å². The molecule has 3 nitrogen and oxygen atoms in total. The van der Waals surface area contributed by atoms with E-state index >= 15 is 0 Å². The van der Waals surface area contributed by atoms with Gasteiger partial charge in [-0.1, -0.05) is 13.0 Å². The Morgan fingerprint density at radius 1 is 1.40 bits per heavy atom. The van der Waals surface area contributed by atoms with Gasteiger partial charge >= 0.3 is 0 Å². The SMILES string of the molecule is CCn1c(C2(N)CCC(C)CC2)nc2c(F)cccc21. The highest BCUT2D eigenvalue weighted by atomic mass is 19.1. The molecule has 1 aliphatic carbocycles. The first-order valence-corrected chi connectivity index (χ1v) is 7.49. The molecule has 0 atom stereocenters. The summed E-state index contributed by atoms with van der Waals surface area (Å²) in [6, 6.07) is 5.12. The van der Waals surface area contributed by atoms with E-state index in [9.17, 15) is 4.39 Å². The predicted molar refractivity (Wildman–Crippen MR) is 78.9 cm³/mol. The van der Waals surface area contributed by atoms with Crippen LogP contribution in [0.25, 0.3) is 11.0 Å². The molecule has 0 unspecified atom stereocenters. The first kappa shape index (κ1) is 13.6. The summed E-state index contributed by atoms with van der Waals surface area (Å²) >= 11 is 0. The van der Waals surface area contributed by atoms with Crippen LogP contribution in [0.3, 0.4) is 0 Å². The molecule has 2 aromatic rings. The lowest BCUT2D eigenvalue weighted by Gasteiger charge is -2.35. The Balaban J connectivity index is 2.13. The van der Waals surface area contributed by atoms with Gasteiger partial charge in [-0.15, -0.1) is 0 Å². The van der Waals surface area contributed by atoms with E-state index in [0.29, 0.717) is 5.52 Å². The lowest BCUT2D eigenvalue weighted by atomic mass is 9.77. The van der Waals surface area contributed by atoms with Gasteiger partial charge in [0, 0.05) is 6.54 Å². The van der Waals surface area contributed by atoms with Crippen LogP contribution in [0, 0.1) is 11.7 Å². The summed E-state index contributed by atoms with van der Waals surface area (Å²) in [4.78, 5) is 4.57. The maximum absolute atomic E-state index is 14.0. The van der Waals surface area contributed by atoms with Gasteiger partial charge in [-0.25, -0.2) is 9.37 Å². The van der Waals surface area contributed by atoms with Crippen LogP contribution in [-0.4, -0.2) is 9.55 Å². The number of fused-ring (bicyclic) bond motifs is 1. The molecule has 0 amide bonds. The lowest BCUT2D eigenvalue weighted by Crippen LogP contribution is -2.42. The molecule has 108 valence electrons. The summed E-state index contributed by atoms with van der Waals surface area (Å²) in [7, 11) is 0. The molecule has 1 saturated carbocycles. The van der Waals surface area contributed by atoms with Crippen LogP contribution in [0.5, 0.6) is 0 Å². The maximum atomic E-state index is 14.0. The van der Waals surface area contributed by atoms with Gasteiger partial charge in [0.1, 0.15) is 11.3 Å². The second-order valence-electron chi connectivity index (χ2n) is 6.13. The maximum Gasteiger partial charge on any atom is 0.151 e. The second kappa shape index (κ2) is 4.85. The molecule has 0 radical (unpaired) electrons. The predicted octanol–water partition coefficient (Wildman–Crippen LogP) is 3.56. The summed E-state index contributed by atoms with van der Waals surface area (Å²) in [6.07, 6.45) is 4.09. The van der Waals surface area contributed by atoms with E-state index in [1.54, 1.807) is 6.07 Å². The molecule has 0 saturated heterocycles. The molecule has 1 fully saturated rings. The average molecular weight is 275 g/mol. The Kier molecular flexibility index (Phi) is 3.28. The molecule has 0 spiro atoms. The minimum absolute atomic E-state index is 0.260. The number of benzene rings is 1. The summed E-state index contributed by atoms with van der Waals surface area (Å²) in [5.74, 6) is 1.32. The molecule has 1 aromatic heterocycles. The standard InChI is InChI=1S/C16H22FN3/c1-3-20-13-6-4-5-12(17)14(13)19-15(20)16(18)9-7-11(2)8-10-16/h4-6,11H,3,7-10,18H2,1-2H3. The van der Waals surface area contributed by atoms with Gasteiger partial charge in [-0.05, 0) is 50.7 Å². The van der Waals surface area contributed by atoms with E-state index in [0.717, 1.165) is 49.5 Å². The van der Waals surface area contributed by atoms with Crippen molar-refractivity contribution in [1.29, 1.82) is 0 Å². The number of hydrogen-bond acceptors (Lipinski definition) is 2. The first-order valence-electron chi connectivity index (χ1n) is 7.49. The fraction of sp³-hybridized carbons (Fsp3) is 0.562. The monoisotopic (exact) mass is 275 g/mol. The normalized spacial score (nSPS) is 27.1. The molecule has 3 rings (SSSR count). The van der Waals surface area contributed by atoms with E-state index in [1.807, 2.05) is 6.07 Å². The molecule has 4 heteroatoms. The lowest BCUT2D eigenvalue weighted by molar-refractivity contribution is 0.232. The smallest absolute Gasteiger partial charge is 0.151 e. The molecular weight excluding hydrogens is 253 g/mol. The van der Waals surface area contributed by atoms with Gasteiger partial charge < -0.3 is 10.3 Å². The topological polar surface area (TPSA) is 43.8 Å². The van der Waals surface area contributed by atoms with Gasteiger partial charge in [0.05, 0.1) is 11.1 Å². The third-order valence-corrected chi connectivity index (χ3v) is 4.66. The van der Waals surface area contributed by atoms with Crippen molar-refractivity contribution >= 4 is 11.0 Å². The molecule has 0 bridgehead atoms. The highest BCUT2D eigenvalue weighted by Gasteiger charge is 2.36. The van der Waals surface area contributed by atoms with Gasteiger partial charge in [-0.3, -0.25) is 0 Å². The quantitative estimate of drug-likeness (QED) is 0.910. The summed E-state index contributed by atoms with van der Waals surface area (Å²) in [5.41, 5.74) is 7.52. The van der Waals surface area contributed by atoms with E-state index in [-0.39, 0.29) is 5.82 Å².